The van der Waals surface area contributed by atoms with E-state index in [0.717, 1.165) is 44.9 Å². The van der Waals surface area contributed by atoms with Crippen molar-refractivity contribution < 1.29 is 32.4 Å². The maximum atomic E-state index is 14.5. The molecule has 0 unspecified atom stereocenters. The highest BCUT2D eigenvalue weighted by atomic mass is 32.2. The van der Waals surface area contributed by atoms with Crippen molar-refractivity contribution in [2.24, 2.45) is 28.6 Å². The standard InChI is InChI=1S/C35H58N6O7S/c1-20(49(47,48)40(7)8)35(16-10-9-11-17-35)39-32(46)38-28(33(2,3)4)31(45)41-19-23-25(34(23,5)6)26(41)29(43)37-24(18-21-12-13-21)27(42)30(44)36-22-14-15-22/h20-26,28H,9-19H2,1-8H3,(H,36,44)(H,37,43)(H2,38,39,46)/t20-,23-,24-,25-,26-,28+/m0/s1. The molecule has 0 aromatic carbocycles. The first-order valence-corrected chi connectivity index (χ1v) is 19.7. The number of hydrogen-bond donors (Lipinski definition) is 4. The number of ketones is 1. The van der Waals surface area contributed by atoms with E-state index >= 15 is 0 Å². The monoisotopic (exact) mass is 706 g/mol. The molecule has 4 aliphatic carbocycles. The number of carbonyl (C=O) groups is 5. The molecule has 13 nitrogen and oxygen atoms in total. The zero-order valence-corrected chi connectivity index (χ0v) is 31.4. The number of fused-ring (bicyclic) bond motifs is 1. The molecule has 4 N–H and O–H groups in total. The van der Waals surface area contributed by atoms with Crippen LogP contribution >= 0.6 is 0 Å². The van der Waals surface area contributed by atoms with Gasteiger partial charge in [-0.25, -0.2) is 17.5 Å². The van der Waals surface area contributed by atoms with E-state index in [4.69, 9.17) is 0 Å². The van der Waals surface area contributed by atoms with Crippen molar-refractivity contribution in [3.05, 3.63) is 0 Å². The summed E-state index contributed by atoms with van der Waals surface area (Å²) in [4.78, 5) is 69.9. The zero-order valence-electron chi connectivity index (χ0n) is 30.6. The molecule has 1 heterocycles. The fourth-order valence-electron chi connectivity index (χ4n) is 8.26. The lowest BCUT2D eigenvalue weighted by atomic mass is 9.79. The Kier molecular flexibility index (Phi) is 10.3. The van der Waals surface area contributed by atoms with Crippen LogP contribution in [0.2, 0.25) is 0 Å². The van der Waals surface area contributed by atoms with Gasteiger partial charge >= 0.3 is 6.03 Å². The van der Waals surface area contributed by atoms with E-state index in [-0.39, 0.29) is 29.2 Å². The lowest BCUT2D eigenvalue weighted by Crippen LogP contribution is -2.65. The highest BCUT2D eigenvalue weighted by Gasteiger charge is 2.70. The molecule has 1 saturated heterocycles. The van der Waals surface area contributed by atoms with Crippen molar-refractivity contribution in [2.75, 3.05) is 20.6 Å². The summed E-state index contributed by atoms with van der Waals surface area (Å²) in [7, 11) is -0.734. The number of nitrogens with zero attached hydrogens (tertiary/aromatic N) is 2. The van der Waals surface area contributed by atoms with Crippen molar-refractivity contribution >= 4 is 39.6 Å². The Morgan fingerprint density at radius 2 is 1.55 bits per heavy atom. The van der Waals surface area contributed by atoms with Gasteiger partial charge in [0.15, 0.2) is 0 Å². The molecule has 5 aliphatic rings. The number of nitrogens with one attached hydrogen (secondary N) is 4. The first-order valence-electron chi connectivity index (χ1n) is 18.2. The van der Waals surface area contributed by atoms with Crippen LogP contribution in [0.3, 0.4) is 0 Å². The Hall–Kier alpha value is -2.74. The van der Waals surface area contributed by atoms with Gasteiger partial charge in [-0.2, -0.15) is 0 Å². The molecule has 0 radical (unpaired) electrons. The Balaban J connectivity index is 1.35. The second-order valence-electron chi connectivity index (χ2n) is 17.3. The maximum absolute atomic E-state index is 14.5. The van der Waals surface area contributed by atoms with Gasteiger partial charge in [0, 0.05) is 26.7 Å². The summed E-state index contributed by atoms with van der Waals surface area (Å²) < 4.78 is 27.7. The molecule has 0 spiro atoms. The van der Waals surface area contributed by atoms with Gasteiger partial charge in [0.1, 0.15) is 12.1 Å². The fourth-order valence-corrected chi connectivity index (χ4v) is 9.75. The largest absolute Gasteiger partial charge is 0.347 e. The minimum absolute atomic E-state index is 0.0114. The molecule has 0 aromatic heterocycles. The molecule has 14 heteroatoms. The van der Waals surface area contributed by atoms with Gasteiger partial charge in [0.2, 0.25) is 27.6 Å². The van der Waals surface area contributed by atoms with Gasteiger partial charge in [-0.15, -0.1) is 0 Å². The second kappa shape index (κ2) is 13.4. The molecule has 49 heavy (non-hydrogen) atoms. The highest BCUT2D eigenvalue weighted by molar-refractivity contribution is 7.89. The number of carbonyl (C=O) groups excluding carboxylic acids is 5. The molecule has 6 atom stereocenters. The Labute approximate surface area is 291 Å². The van der Waals surface area contributed by atoms with Gasteiger partial charge in [0.25, 0.3) is 5.91 Å². The number of hydrogen-bond acceptors (Lipinski definition) is 7. The third-order valence-corrected chi connectivity index (χ3v) is 14.4. The summed E-state index contributed by atoms with van der Waals surface area (Å²) in [5.74, 6) is -1.98. The average Bonchev–Trinajstić information content (AvgIpc) is 3.98. The fraction of sp³-hybridized carbons (Fsp3) is 0.857. The summed E-state index contributed by atoms with van der Waals surface area (Å²) in [6.45, 7) is 11.6. The maximum Gasteiger partial charge on any atom is 0.315 e. The molecule has 4 saturated carbocycles. The van der Waals surface area contributed by atoms with E-state index in [1.54, 1.807) is 11.8 Å². The van der Waals surface area contributed by atoms with E-state index in [1.165, 1.54) is 18.4 Å². The van der Waals surface area contributed by atoms with E-state index in [1.807, 2.05) is 20.8 Å². The summed E-state index contributed by atoms with van der Waals surface area (Å²) >= 11 is 0. The third kappa shape index (κ3) is 7.79. The molecule has 276 valence electrons. The molecule has 1 aliphatic heterocycles. The lowest BCUT2D eigenvalue weighted by molar-refractivity contribution is -0.145. The number of rotatable bonds is 13. The lowest BCUT2D eigenvalue weighted by Gasteiger charge is -2.44. The van der Waals surface area contributed by atoms with Crippen molar-refractivity contribution in [3.8, 4) is 0 Å². The van der Waals surface area contributed by atoms with Crippen LogP contribution in [-0.4, -0.2) is 103 Å². The summed E-state index contributed by atoms with van der Waals surface area (Å²) in [6, 6.07) is -3.47. The Bertz CT molecular complexity index is 1440. The van der Waals surface area contributed by atoms with Crippen LogP contribution < -0.4 is 21.3 Å². The van der Waals surface area contributed by atoms with Crippen LogP contribution in [-0.2, 0) is 29.2 Å². The highest BCUT2D eigenvalue weighted by Crippen LogP contribution is 2.65. The van der Waals surface area contributed by atoms with Crippen molar-refractivity contribution in [2.45, 2.75) is 141 Å². The van der Waals surface area contributed by atoms with Gasteiger partial charge in [-0.3, -0.25) is 19.2 Å². The quantitative estimate of drug-likeness (QED) is 0.213. The third-order valence-electron chi connectivity index (χ3n) is 12.0. The Morgan fingerprint density at radius 3 is 2.08 bits per heavy atom. The number of Topliss-reactive ketones (excluding diaryl/α,β-unsaturated/α-hetero) is 1. The van der Waals surface area contributed by atoms with Crippen molar-refractivity contribution in [3.63, 3.8) is 0 Å². The molecular weight excluding hydrogens is 648 g/mol. The second-order valence-corrected chi connectivity index (χ2v) is 19.8. The minimum Gasteiger partial charge on any atom is -0.347 e. The van der Waals surface area contributed by atoms with Crippen molar-refractivity contribution in [1.29, 1.82) is 0 Å². The van der Waals surface area contributed by atoms with Crippen LogP contribution in [0.25, 0.3) is 0 Å². The number of urea groups is 1. The van der Waals surface area contributed by atoms with Gasteiger partial charge in [-0.05, 0) is 67.6 Å². The Morgan fingerprint density at radius 1 is 0.939 bits per heavy atom. The van der Waals surface area contributed by atoms with E-state index in [2.05, 4.69) is 35.1 Å². The van der Waals surface area contributed by atoms with Crippen LogP contribution in [0.1, 0.15) is 106 Å². The molecule has 5 fully saturated rings. The number of piperidine rings is 1. The number of sulfonamides is 1. The van der Waals surface area contributed by atoms with Crippen molar-refractivity contribution in [1.82, 2.24) is 30.5 Å². The number of likely N-dealkylation sites (tertiary alicyclic amines) is 1. The van der Waals surface area contributed by atoms with E-state index in [0.29, 0.717) is 25.8 Å². The predicted octanol–water partition coefficient (Wildman–Crippen LogP) is 2.30. The molecule has 5 amide bonds. The molecule has 0 bridgehead atoms. The van der Waals surface area contributed by atoms with Crippen LogP contribution in [0.4, 0.5) is 4.79 Å². The average molecular weight is 707 g/mol. The molecule has 5 rings (SSSR count). The summed E-state index contributed by atoms with van der Waals surface area (Å²) in [5, 5.41) is 10.7. The van der Waals surface area contributed by atoms with Gasteiger partial charge in [0.05, 0.1) is 16.8 Å². The summed E-state index contributed by atoms with van der Waals surface area (Å²) in [5.41, 5.74) is -1.96. The van der Waals surface area contributed by atoms with Gasteiger partial charge < -0.3 is 26.2 Å². The number of amides is 5. The van der Waals surface area contributed by atoms with Crippen LogP contribution in [0, 0.1) is 28.6 Å². The first kappa shape index (κ1) is 37.5. The summed E-state index contributed by atoms with van der Waals surface area (Å²) in [6.07, 6.45) is 7.42. The van der Waals surface area contributed by atoms with E-state index in [9.17, 15) is 32.4 Å². The van der Waals surface area contributed by atoms with Crippen LogP contribution in [0.5, 0.6) is 0 Å². The molecule has 0 aromatic rings. The SMILES string of the molecule is C[C@@H](C1(NC(=O)N[C@H](C(=O)N2C[C@H]3[C@@H]([C@H]2C(=O)N[C@@H](CC2CC2)C(=O)C(=O)NC2CC2)C3(C)C)C(C)(C)C)CCCCC1)S(=O)(=O)N(C)C. The smallest absolute Gasteiger partial charge is 0.315 e. The normalized spacial score (nSPS) is 27.7. The van der Waals surface area contributed by atoms with Crippen LogP contribution in [0.15, 0.2) is 0 Å². The molecular formula is C35H58N6O7S. The zero-order chi connectivity index (χ0) is 36.3. The first-order chi connectivity index (χ1) is 22.7. The minimum atomic E-state index is -3.70. The predicted molar refractivity (Wildman–Crippen MR) is 185 cm³/mol. The van der Waals surface area contributed by atoms with Gasteiger partial charge in [-0.1, -0.05) is 66.7 Å². The topological polar surface area (TPSA) is 174 Å². The van der Waals surface area contributed by atoms with E-state index < -0.39 is 73.9 Å².